The first kappa shape index (κ1) is 12.5. The third-order valence-corrected chi connectivity index (χ3v) is 3.46. The molecule has 0 saturated carbocycles. The quantitative estimate of drug-likeness (QED) is 0.734. The minimum Gasteiger partial charge on any atom is -0.475 e. The highest BCUT2D eigenvalue weighted by atomic mass is 16.5. The number of carboxylic acid groups (broad SMARTS) is 1. The Bertz CT molecular complexity index is 583. The fourth-order valence-corrected chi connectivity index (χ4v) is 2.43. The molecule has 3 rings (SSSR count). The van der Waals surface area contributed by atoms with E-state index in [-0.39, 0.29) is 29.4 Å². The van der Waals surface area contributed by atoms with Crippen molar-refractivity contribution >= 4 is 17.9 Å². The van der Waals surface area contributed by atoms with Crippen LogP contribution in [0.5, 0.6) is 0 Å². The van der Waals surface area contributed by atoms with Crippen molar-refractivity contribution in [2.24, 2.45) is 0 Å². The highest BCUT2D eigenvalue weighted by Gasteiger charge is 2.37. The molecule has 106 valence electrons. The number of nitrogens with one attached hydrogen (secondary N) is 1. The number of amides is 3. The summed E-state index contributed by atoms with van der Waals surface area (Å²) in [5, 5.41) is 14.9. The Balaban J connectivity index is 1.71. The Morgan fingerprint density at radius 1 is 1.45 bits per heavy atom. The molecule has 2 saturated heterocycles. The van der Waals surface area contributed by atoms with Gasteiger partial charge in [0, 0.05) is 32.2 Å². The number of aromatic carboxylic acids is 1. The number of hydrogen-bond donors (Lipinski definition) is 2. The van der Waals surface area contributed by atoms with E-state index in [1.807, 2.05) is 0 Å². The average molecular weight is 280 g/mol. The first-order valence-electron chi connectivity index (χ1n) is 6.10. The van der Waals surface area contributed by atoms with Crippen LogP contribution in [0.3, 0.4) is 0 Å². The van der Waals surface area contributed by atoms with Crippen molar-refractivity contribution in [2.75, 3.05) is 26.2 Å². The van der Waals surface area contributed by atoms with Gasteiger partial charge < -0.3 is 24.7 Å². The van der Waals surface area contributed by atoms with Crippen LogP contribution < -0.4 is 5.32 Å². The van der Waals surface area contributed by atoms with Gasteiger partial charge in [-0.2, -0.15) is 0 Å². The molecule has 1 aromatic heterocycles. The molecule has 2 fully saturated rings. The number of rotatable bonds is 2. The van der Waals surface area contributed by atoms with Crippen LogP contribution in [0.25, 0.3) is 0 Å². The minimum atomic E-state index is -1.27. The van der Waals surface area contributed by atoms with Gasteiger partial charge in [-0.05, 0) is 0 Å². The number of piperazine rings is 1. The van der Waals surface area contributed by atoms with Crippen LogP contribution in [0.2, 0.25) is 0 Å². The van der Waals surface area contributed by atoms with Crippen LogP contribution in [-0.4, -0.2) is 70.2 Å². The van der Waals surface area contributed by atoms with Gasteiger partial charge in [0.05, 0.1) is 6.04 Å². The van der Waals surface area contributed by atoms with Gasteiger partial charge in [0.15, 0.2) is 5.69 Å². The number of hydrogen-bond acceptors (Lipinski definition) is 5. The Morgan fingerprint density at radius 2 is 2.25 bits per heavy atom. The number of fused-ring (bicyclic) bond motifs is 1. The third-order valence-electron chi connectivity index (χ3n) is 3.46. The summed E-state index contributed by atoms with van der Waals surface area (Å²) in [5.74, 6) is -2.03. The summed E-state index contributed by atoms with van der Waals surface area (Å²) in [6.07, 6.45) is 0. The summed E-state index contributed by atoms with van der Waals surface area (Å²) in [5.41, 5.74) is -0.0341. The minimum absolute atomic E-state index is 0.0341. The topological polar surface area (TPSA) is 116 Å². The van der Waals surface area contributed by atoms with E-state index in [1.165, 1.54) is 0 Å². The molecular weight excluding hydrogens is 268 g/mol. The molecule has 0 radical (unpaired) electrons. The molecule has 0 spiro atoms. The van der Waals surface area contributed by atoms with E-state index < -0.39 is 5.97 Å². The molecule has 0 aliphatic carbocycles. The maximum Gasteiger partial charge on any atom is 0.374 e. The second-order valence-corrected chi connectivity index (χ2v) is 4.67. The van der Waals surface area contributed by atoms with E-state index in [0.29, 0.717) is 26.2 Å². The van der Waals surface area contributed by atoms with Gasteiger partial charge in [0.1, 0.15) is 0 Å². The summed E-state index contributed by atoms with van der Waals surface area (Å²) < 4.78 is 4.57. The van der Waals surface area contributed by atoms with Gasteiger partial charge >= 0.3 is 12.0 Å². The van der Waals surface area contributed by atoms with Crippen molar-refractivity contribution in [3.63, 3.8) is 0 Å². The molecule has 1 atom stereocenters. The summed E-state index contributed by atoms with van der Waals surface area (Å²) in [6.45, 7) is 1.73. The van der Waals surface area contributed by atoms with Crippen LogP contribution in [0, 0.1) is 0 Å². The Kier molecular flexibility index (Phi) is 2.81. The maximum atomic E-state index is 12.2. The molecule has 3 heterocycles. The van der Waals surface area contributed by atoms with Crippen molar-refractivity contribution in [2.45, 2.75) is 6.04 Å². The summed E-state index contributed by atoms with van der Waals surface area (Å²) in [7, 11) is 0. The smallest absolute Gasteiger partial charge is 0.374 e. The second kappa shape index (κ2) is 4.51. The molecule has 2 N–H and O–H groups in total. The molecule has 1 aromatic rings. The Labute approximate surface area is 113 Å². The average Bonchev–Trinajstić information content (AvgIpc) is 3.05. The third kappa shape index (κ3) is 1.96. The standard InChI is InChI=1S/C11H12N4O5/c16-9(7-3-8(10(17)18)20-13-7)14-1-2-15-6(5-14)4-12-11(15)19/h3,6H,1-2,4-5H2,(H,12,19)(H,17,18). The lowest BCUT2D eigenvalue weighted by Crippen LogP contribution is -2.53. The van der Waals surface area contributed by atoms with Gasteiger partial charge in [-0.15, -0.1) is 0 Å². The normalized spacial score (nSPS) is 21.6. The van der Waals surface area contributed by atoms with Crippen LogP contribution >= 0.6 is 0 Å². The number of carboxylic acids is 1. The molecular formula is C11H12N4O5. The van der Waals surface area contributed by atoms with Crippen molar-refractivity contribution in [3.8, 4) is 0 Å². The number of carbonyl (C=O) groups excluding carboxylic acids is 2. The number of aromatic nitrogens is 1. The van der Waals surface area contributed by atoms with E-state index >= 15 is 0 Å². The second-order valence-electron chi connectivity index (χ2n) is 4.67. The van der Waals surface area contributed by atoms with Crippen LogP contribution in [-0.2, 0) is 0 Å². The first-order chi connectivity index (χ1) is 9.56. The van der Waals surface area contributed by atoms with E-state index in [4.69, 9.17) is 5.11 Å². The van der Waals surface area contributed by atoms with Gasteiger partial charge in [-0.1, -0.05) is 5.16 Å². The zero-order chi connectivity index (χ0) is 14.3. The predicted octanol–water partition coefficient (Wildman–Crippen LogP) is -0.778. The highest BCUT2D eigenvalue weighted by Crippen LogP contribution is 2.16. The molecule has 0 aromatic carbocycles. The van der Waals surface area contributed by atoms with Gasteiger partial charge in [-0.25, -0.2) is 9.59 Å². The van der Waals surface area contributed by atoms with Crippen LogP contribution in [0.1, 0.15) is 21.0 Å². The van der Waals surface area contributed by atoms with E-state index in [9.17, 15) is 14.4 Å². The zero-order valence-corrected chi connectivity index (χ0v) is 10.4. The summed E-state index contributed by atoms with van der Waals surface area (Å²) in [4.78, 5) is 37.6. The van der Waals surface area contributed by atoms with Gasteiger partial charge in [0.2, 0.25) is 5.76 Å². The molecule has 9 heteroatoms. The lowest BCUT2D eigenvalue weighted by Gasteiger charge is -2.35. The lowest BCUT2D eigenvalue weighted by atomic mass is 10.2. The van der Waals surface area contributed by atoms with Gasteiger partial charge in [0.25, 0.3) is 5.91 Å². The first-order valence-corrected chi connectivity index (χ1v) is 6.10. The van der Waals surface area contributed by atoms with Crippen molar-refractivity contribution in [3.05, 3.63) is 17.5 Å². The largest absolute Gasteiger partial charge is 0.475 e. The van der Waals surface area contributed by atoms with Crippen LogP contribution in [0.4, 0.5) is 4.79 Å². The Morgan fingerprint density at radius 3 is 2.95 bits per heavy atom. The molecule has 1 unspecified atom stereocenters. The van der Waals surface area contributed by atoms with Crippen molar-refractivity contribution in [1.82, 2.24) is 20.3 Å². The predicted molar refractivity (Wildman–Crippen MR) is 63.3 cm³/mol. The molecule has 2 aliphatic heterocycles. The Hall–Kier alpha value is -2.58. The van der Waals surface area contributed by atoms with E-state index in [0.717, 1.165) is 6.07 Å². The maximum absolute atomic E-state index is 12.2. The molecule has 2 aliphatic rings. The number of urea groups is 1. The summed E-state index contributed by atoms with van der Waals surface area (Å²) >= 11 is 0. The van der Waals surface area contributed by atoms with Crippen molar-refractivity contribution < 1.29 is 24.0 Å². The monoisotopic (exact) mass is 280 g/mol. The van der Waals surface area contributed by atoms with Crippen LogP contribution in [0.15, 0.2) is 10.6 Å². The SMILES string of the molecule is O=C(O)c1cc(C(=O)N2CCN3C(=O)NCC3C2)no1. The number of nitrogens with zero attached hydrogens (tertiary/aromatic N) is 3. The zero-order valence-electron chi connectivity index (χ0n) is 10.4. The fraction of sp³-hybridized carbons (Fsp3) is 0.455. The molecule has 9 nitrogen and oxygen atoms in total. The summed E-state index contributed by atoms with van der Waals surface area (Å²) in [6, 6.07) is 0.942. The van der Waals surface area contributed by atoms with Crippen molar-refractivity contribution in [1.29, 1.82) is 0 Å². The molecule has 20 heavy (non-hydrogen) atoms. The molecule has 0 bridgehead atoms. The number of carbonyl (C=O) groups is 3. The van der Waals surface area contributed by atoms with E-state index in [2.05, 4.69) is 15.0 Å². The lowest BCUT2D eigenvalue weighted by molar-refractivity contribution is 0.0602. The van der Waals surface area contributed by atoms with Gasteiger partial charge in [-0.3, -0.25) is 4.79 Å². The highest BCUT2D eigenvalue weighted by molar-refractivity contribution is 5.95. The van der Waals surface area contributed by atoms with E-state index in [1.54, 1.807) is 9.80 Å². The fourth-order valence-electron chi connectivity index (χ4n) is 2.43. The molecule has 3 amide bonds.